The van der Waals surface area contributed by atoms with Gasteiger partial charge in [0.2, 0.25) is 0 Å². The Kier molecular flexibility index (Phi) is 5.97. The molecule has 18 heavy (non-hydrogen) atoms. The van der Waals surface area contributed by atoms with E-state index in [0.29, 0.717) is 6.04 Å². The summed E-state index contributed by atoms with van der Waals surface area (Å²) in [5.74, 6) is 3.16. The van der Waals surface area contributed by atoms with Crippen LogP contribution in [0.3, 0.4) is 0 Å². The maximum absolute atomic E-state index is 5.65. The quantitative estimate of drug-likeness (QED) is 0.634. The predicted octanol–water partition coefficient (Wildman–Crippen LogP) is 3.61. The lowest BCUT2D eigenvalue weighted by Gasteiger charge is -2.27. The second kappa shape index (κ2) is 7.49. The Balaban J connectivity index is 1.68. The van der Waals surface area contributed by atoms with Crippen molar-refractivity contribution < 1.29 is 4.74 Å². The zero-order valence-corrected chi connectivity index (χ0v) is 12.3. The van der Waals surface area contributed by atoms with Gasteiger partial charge in [0.25, 0.3) is 0 Å². The van der Waals surface area contributed by atoms with E-state index in [9.17, 15) is 0 Å². The molecule has 0 aromatic rings. The minimum atomic E-state index is 0.691. The van der Waals surface area contributed by atoms with Gasteiger partial charge in [-0.1, -0.05) is 20.3 Å². The lowest BCUT2D eigenvalue weighted by molar-refractivity contribution is 0.119. The molecule has 2 aliphatic rings. The first-order valence-electron chi connectivity index (χ1n) is 8.14. The van der Waals surface area contributed by atoms with Crippen LogP contribution in [0.15, 0.2) is 0 Å². The summed E-state index contributed by atoms with van der Waals surface area (Å²) in [7, 11) is 0. The second-order valence-electron chi connectivity index (χ2n) is 6.33. The fourth-order valence-corrected chi connectivity index (χ4v) is 4.09. The van der Waals surface area contributed by atoms with Gasteiger partial charge in [0.05, 0.1) is 0 Å². The summed E-state index contributed by atoms with van der Waals surface area (Å²) in [5, 5.41) is 3.67. The SMILES string of the molecule is CCCOCCC(CC1CC2CCC1C2)NCC. The topological polar surface area (TPSA) is 21.3 Å². The molecule has 0 saturated heterocycles. The summed E-state index contributed by atoms with van der Waals surface area (Å²) in [6, 6.07) is 0.691. The van der Waals surface area contributed by atoms with Gasteiger partial charge in [-0.25, -0.2) is 0 Å². The normalized spacial score (nSPS) is 32.0. The molecule has 2 fully saturated rings. The molecular weight excluding hydrogens is 222 g/mol. The number of hydrogen-bond acceptors (Lipinski definition) is 2. The molecule has 2 saturated carbocycles. The fraction of sp³-hybridized carbons (Fsp3) is 1.00. The summed E-state index contributed by atoms with van der Waals surface area (Å²) in [5.41, 5.74) is 0. The maximum Gasteiger partial charge on any atom is 0.0480 e. The zero-order chi connectivity index (χ0) is 12.8. The number of fused-ring (bicyclic) bond motifs is 2. The molecule has 0 heterocycles. The molecule has 2 heteroatoms. The van der Waals surface area contributed by atoms with E-state index in [-0.39, 0.29) is 0 Å². The van der Waals surface area contributed by atoms with Crippen LogP contribution >= 0.6 is 0 Å². The molecule has 2 rings (SSSR count). The fourth-order valence-electron chi connectivity index (χ4n) is 4.09. The Morgan fingerprint density at radius 1 is 1.17 bits per heavy atom. The number of rotatable bonds is 9. The van der Waals surface area contributed by atoms with Crippen LogP contribution in [0.1, 0.15) is 58.8 Å². The van der Waals surface area contributed by atoms with Crippen molar-refractivity contribution in [1.82, 2.24) is 5.32 Å². The monoisotopic (exact) mass is 253 g/mol. The van der Waals surface area contributed by atoms with E-state index in [1.54, 1.807) is 0 Å². The Bertz CT molecular complexity index is 231. The minimum Gasteiger partial charge on any atom is -0.381 e. The summed E-state index contributed by atoms with van der Waals surface area (Å²) >= 11 is 0. The van der Waals surface area contributed by atoms with Crippen LogP contribution in [0.4, 0.5) is 0 Å². The average Bonchev–Trinajstić information content (AvgIpc) is 2.97. The Morgan fingerprint density at radius 3 is 2.67 bits per heavy atom. The molecule has 2 bridgehead atoms. The van der Waals surface area contributed by atoms with E-state index in [0.717, 1.165) is 43.9 Å². The van der Waals surface area contributed by atoms with E-state index >= 15 is 0 Å². The molecule has 0 amide bonds. The second-order valence-corrected chi connectivity index (χ2v) is 6.33. The minimum absolute atomic E-state index is 0.691. The number of ether oxygens (including phenoxy) is 1. The average molecular weight is 253 g/mol. The molecule has 106 valence electrons. The van der Waals surface area contributed by atoms with Crippen LogP contribution in [0.2, 0.25) is 0 Å². The molecule has 4 atom stereocenters. The molecule has 2 nitrogen and oxygen atoms in total. The highest BCUT2D eigenvalue weighted by molar-refractivity contribution is 4.91. The first-order chi connectivity index (χ1) is 8.83. The van der Waals surface area contributed by atoms with Gasteiger partial charge in [-0.15, -0.1) is 0 Å². The van der Waals surface area contributed by atoms with Gasteiger partial charge in [-0.3, -0.25) is 0 Å². The van der Waals surface area contributed by atoms with Crippen molar-refractivity contribution in [3.8, 4) is 0 Å². The van der Waals surface area contributed by atoms with E-state index in [4.69, 9.17) is 4.74 Å². The molecule has 0 aliphatic heterocycles. The third-order valence-corrected chi connectivity index (χ3v) is 4.92. The molecule has 0 aromatic heterocycles. The Labute approximate surface area is 113 Å². The van der Waals surface area contributed by atoms with E-state index in [1.165, 1.54) is 38.5 Å². The zero-order valence-electron chi connectivity index (χ0n) is 12.3. The summed E-state index contributed by atoms with van der Waals surface area (Å²) in [4.78, 5) is 0. The molecule has 4 unspecified atom stereocenters. The first kappa shape index (κ1) is 14.3. The first-order valence-corrected chi connectivity index (χ1v) is 8.14. The maximum atomic E-state index is 5.65. The van der Waals surface area contributed by atoms with Gasteiger partial charge >= 0.3 is 0 Å². The van der Waals surface area contributed by atoms with E-state index in [2.05, 4.69) is 19.2 Å². The molecular formula is C16H31NO. The van der Waals surface area contributed by atoms with Gasteiger partial charge in [0.15, 0.2) is 0 Å². The summed E-state index contributed by atoms with van der Waals surface area (Å²) in [6.07, 6.45) is 9.82. The van der Waals surface area contributed by atoms with Gasteiger partial charge < -0.3 is 10.1 Å². The van der Waals surface area contributed by atoms with Gasteiger partial charge in [0.1, 0.15) is 0 Å². The molecule has 0 spiro atoms. The van der Waals surface area contributed by atoms with Gasteiger partial charge in [-0.2, -0.15) is 0 Å². The Morgan fingerprint density at radius 2 is 2.06 bits per heavy atom. The lowest BCUT2D eigenvalue weighted by atomic mass is 9.83. The van der Waals surface area contributed by atoms with Crippen LogP contribution < -0.4 is 5.32 Å². The highest BCUT2D eigenvalue weighted by Gasteiger charge is 2.39. The molecule has 0 radical (unpaired) electrons. The standard InChI is InChI=1S/C16H31NO/c1-3-8-18-9-7-16(17-4-2)12-15-11-13-5-6-14(15)10-13/h13-17H,3-12H2,1-2H3. The smallest absolute Gasteiger partial charge is 0.0480 e. The van der Waals surface area contributed by atoms with Crippen molar-refractivity contribution in [3.63, 3.8) is 0 Å². The highest BCUT2D eigenvalue weighted by Crippen LogP contribution is 2.49. The van der Waals surface area contributed by atoms with Crippen molar-refractivity contribution in [2.75, 3.05) is 19.8 Å². The van der Waals surface area contributed by atoms with E-state index in [1.807, 2.05) is 0 Å². The van der Waals surface area contributed by atoms with Crippen molar-refractivity contribution >= 4 is 0 Å². The van der Waals surface area contributed by atoms with E-state index < -0.39 is 0 Å². The van der Waals surface area contributed by atoms with Crippen LogP contribution in [-0.2, 0) is 4.74 Å². The number of nitrogens with one attached hydrogen (secondary N) is 1. The third kappa shape index (κ3) is 3.96. The van der Waals surface area contributed by atoms with Gasteiger partial charge in [-0.05, 0) is 62.8 Å². The molecule has 2 aliphatic carbocycles. The van der Waals surface area contributed by atoms with Crippen LogP contribution in [0.5, 0.6) is 0 Å². The van der Waals surface area contributed by atoms with Crippen molar-refractivity contribution in [1.29, 1.82) is 0 Å². The summed E-state index contributed by atoms with van der Waals surface area (Å²) < 4.78 is 5.65. The van der Waals surface area contributed by atoms with Crippen LogP contribution in [0.25, 0.3) is 0 Å². The lowest BCUT2D eigenvalue weighted by Crippen LogP contribution is -2.33. The van der Waals surface area contributed by atoms with Crippen molar-refractivity contribution in [2.45, 2.75) is 64.8 Å². The predicted molar refractivity (Wildman–Crippen MR) is 76.7 cm³/mol. The van der Waals surface area contributed by atoms with Gasteiger partial charge in [0, 0.05) is 19.3 Å². The third-order valence-electron chi connectivity index (χ3n) is 4.92. The van der Waals surface area contributed by atoms with Crippen LogP contribution in [0, 0.1) is 17.8 Å². The highest BCUT2D eigenvalue weighted by atomic mass is 16.5. The Hall–Kier alpha value is -0.0800. The number of hydrogen-bond donors (Lipinski definition) is 1. The summed E-state index contributed by atoms with van der Waals surface area (Å²) in [6.45, 7) is 7.36. The molecule has 1 N–H and O–H groups in total. The van der Waals surface area contributed by atoms with Crippen molar-refractivity contribution in [2.24, 2.45) is 17.8 Å². The van der Waals surface area contributed by atoms with Crippen molar-refractivity contribution in [3.05, 3.63) is 0 Å². The van der Waals surface area contributed by atoms with Crippen LogP contribution in [-0.4, -0.2) is 25.8 Å². The molecule has 0 aromatic carbocycles. The largest absolute Gasteiger partial charge is 0.381 e.